The van der Waals surface area contributed by atoms with Gasteiger partial charge in [-0.3, -0.25) is 4.79 Å². The zero-order valence-electron chi connectivity index (χ0n) is 14.3. The van der Waals surface area contributed by atoms with Crippen molar-refractivity contribution in [2.75, 3.05) is 18.2 Å². The molecule has 2 aromatic carbocycles. The molecule has 0 aliphatic heterocycles. The van der Waals surface area contributed by atoms with E-state index >= 15 is 0 Å². The number of nitrogens with one attached hydrogen (secondary N) is 1. The van der Waals surface area contributed by atoms with Gasteiger partial charge in [-0.2, -0.15) is 0 Å². The van der Waals surface area contributed by atoms with Crippen LogP contribution in [-0.2, 0) is 0 Å². The van der Waals surface area contributed by atoms with Crippen LogP contribution in [0.15, 0.2) is 36.4 Å². The number of benzene rings is 2. The molecule has 136 valence electrons. The van der Waals surface area contributed by atoms with Crippen molar-refractivity contribution in [1.82, 2.24) is 0 Å². The second-order valence-corrected chi connectivity index (χ2v) is 5.80. The van der Waals surface area contributed by atoms with Crippen molar-refractivity contribution in [3.05, 3.63) is 47.0 Å². The van der Waals surface area contributed by atoms with Gasteiger partial charge in [-0.05, 0) is 43.7 Å². The Labute approximate surface area is 158 Å². The fourth-order valence-electron chi connectivity index (χ4n) is 2.05. The number of hydrogen-bond acceptors (Lipinski definition) is 4. The van der Waals surface area contributed by atoms with E-state index < -0.39 is 0 Å². The van der Waals surface area contributed by atoms with Gasteiger partial charge >= 0.3 is 0 Å². The van der Waals surface area contributed by atoms with Crippen molar-refractivity contribution >= 4 is 41.3 Å². The highest BCUT2D eigenvalue weighted by Crippen LogP contribution is 2.29. The smallest absolute Gasteiger partial charge is 0.259 e. The fourth-order valence-corrected chi connectivity index (χ4v) is 2.21. The van der Waals surface area contributed by atoms with Gasteiger partial charge in [0.2, 0.25) is 0 Å². The number of anilines is 2. The molecule has 0 aliphatic rings. The van der Waals surface area contributed by atoms with Crippen LogP contribution in [-0.4, -0.2) is 19.1 Å². The number of nitrogens with two attached hydrogens (primary N) is 1. The quantitative estimate of drug-likeness (QED) is 0.702. The number of amides is 1. The van der Waals surface area contributed by atoms with Crippen molar-refractivity contribution < 1.29 is 14.3 Å². The largest absolute Gasteiger partial charge is 0.496 e. The molecule has 0 bridgehead atoms. The summed E-state index contributed by atoms with van der Waals surface area (Å²) in [4.78, 5) is 12.4. The molecule has 1 atom stereocenters. The van der Waals surface area contributed by atoms with E-state index in [4.69, 9.17) is 26.8 Å². The topological polar surface area (TPSA) is 73.6 Å². The number of rotatable bonds is 6. The first-order chi connectivity index (χ1) is 11.4. The van der Waals surface area contributed by atoms with Crippen LogP contribution in [0.2, 0.25) is 5.02 Å². The van der Waals surface area contributed by atoms with Crippen molar-refractivity contribution in [1.29, 1.82) is 0 Å². The standard InChI is InChI=1S/C18H21ClN2O3.ClH/c1-4-11(2)24-13-7-5-12(6-8-13)21-18(22)14-9-15(19)16(20)10-17(14)23-3;/h5-11H,4,20H2,1-3H3,(H,21,22);1H. The lowest BCUT2D eigenvalue weighted by molar-refractivity contribution is 0.102. The molecule has 1 amide bonds. The molecule has 0 radical (unpaired) electrons. The zero-order valence-corrected chi connectivity index (χ0v) is 15.9. The molecular weight excluding hydrogens is 363 g/mol. The lowest BCUT2D eigenvalue weighted by Crippen LogP contribution is -2.14. The normalized spacial score (nSPS) is 11.2. The molecule has 1 unspecified atom stereocenters. The predicted octanol–water partition coefficient (Wildman–Crippen LogP) is 4.78. The van der Waals surface area contributed by atoms with Crippen LogP contribution < -0.4 is 20.5 Å². The summed E-state index contributed by atoms with van der Waals surface area (Å²) in [5.41, 5.74) is 7.05. The molecule has 0 saturated heterocycles. The first kappa shape index (κ1) is 20.9. The highest BCUT2D eigenvalue weighted by molar-refractivity contribution is 6.33. The SMILES string of the molecule is CCC(C)Oc1ccc(NC(=O)c2cc(Cl)c(N)cc2OC)cc1.Cl. The molecule has 7 heteroatoms. The monoisotopic (exact) mass is 384 g/mol. The first-order valence-electron chi connectivity index (χ1n) is 7.65. The van der Waals surface area contributed by atoms with E-state index in [1.54, 1.807) is 12.1 Å². The summed E-state index contributed by atoms with van der Waals surface area (Å²) < 4.78 is 10.9. The Morgan fingerprint density at radius 2 is 1.92 bits per heavy atom. The molecule has 0 heterocycles. The third-order valence-corrected chi connectivity index (χ3v) is 3.92. The lowest BCUT2D eigenvalue weighted by Gasteiger charge is -2.14. The van der Waals surface area contributed by atoms with Gasteiger partial charge in [0.25, 0.3) is 5.91 Å². The van der Waals surface area contributed by atoms with Gasteiger partial charge in [0.05, 0.1) is 29.5 Å². The van der Waals surface area contributed by atoms with Crippen LogP contribution in [0, 0.1) is 0 Å². The summed E-state index contributed by atoms with van der Waals surface area (Å²) in [7, 11) is 1.47. The van der Waals surface area contributed by atoms with Crippen molar-refractivity contribution in [2.45, 2.75) is 26.4 Å². The zero-order chi connectivity index (χ0) is 17.7. The van der Waals surface area contributed by atoms with Crippen LogP contribution in [0.4, 0.5) is 11.4 Å². The molecule has 2 rings (SSSR count). The van der Waals surface area contributed by atoms with Gasteiger partial charge in [0.15, 0.2) is 0 Å². The van der Waals surface area contributed by atoms with E-state index in [2.05, 4.69) is 12.2 Å². The highest BCUT2D eigenvalue weighted by Gasteiger charge is 2.15. The summed E-state index contributed by atoms with van der Waals surface area (Å²) in [6.07, 6.45) is 1.07. The summed E-state index contributed by atoms with van der Waals surface area (Å²) in [5.74, 6) is 0.797. The molecule has 3 N–H and O–H groups in total. The third-order valence-electron chi connectivity index (χ3n) is 3.59. The summed E-state index contributed by atoms with van der Waals surface area (Å²) >= 11 is 6.00. The minimum absolute atomic E-state index is 0. The number of ether oxygens (including phenoxy) is 2. The molecule has 5 nitrogen and oxygen atoms in total. The number of hydrogen-bond donors (Lipinski definition) is 2. The van der Waals surface area contributed by atoms with E-state index in [0.29, 0.717) is 27.7 Å². The van der Waals surface area contributed by atoms with Gasteiger partial charge in [-0.1, -0.05) is 18.5 Å². The van der Waals surface area contributed by atoms with E-state index in [-0.39, 0.29) is 24.4 Å². The Bertz CT molecular complexity index is 721. The maximum absolute atomic E-state index is 12.4. The van der Waals surface area contributed by atoms with Crippen LogP contribution in [0.5, 0.6) is 11.5 Å². The fraction of sp³-hybridized carbons (Fsp3) is 0.278. The Balaban J connectivity index is 0.00000312. The lowest BCUT2D eigenvalue weighted by atomic mass is 10.1. The number of carbonyl (C=O) groups excluding carboxylic acids is 1. The molecule has 0 spiro atoms. The average Bonchev–Trinajstić information content (AvgIpc) is 2.58. The minimum Gasteiger partial charge on any atom is -0.496 e. The number of halogens is 2. The van der Waals surface area contributed by atoms with Gasteiger partial charge in [0, 0.05) is 11.8 Å². The van der Waals surface area contributed by atoms with Crippen LogP contribution in [0.1, 0.15) is 30.6 Å². The maximum Gasteiger partial charge on any atom is 0.259 e. The Hall–Kier alpha value is -2.11. The van der Waals surface area contributed by atoms with E-state index in [0.717, 1.165) is 12.2 Å². The summed E-state index contributed by atoms with van der Waals surface area (Å²) in [5, 5.41) is 3.10. The second kappa shape index (κ2) is 9.39. The van der Waals surface area contributed by atoms with E-state index in [1.165, 1.54) is 19.2 Å². The van der Waals surface area contributed by atoms with E-state index in [9.17, 15) is 4.79 Å². The maximum atomic E-state index is 12.4. The molecule has 0 saturated carbocycles. The molecule has 25 heavy (non-hydrogen) atoms. The molecule has 0 aromatic heterocycles. The average molecular weight is 385 g/mol. The Morgan fingerprint density at radius 1 is 1.28 bits per heavy atom. The van der Waals surface area contributed by atoms with Crippen molar-refractivity contribution in [2.24, 2.45) is 0 Å². The van der Waals surface area contributed by atoms with Crippen molar-refractivity contribution in [3.8, 4) is 11.5 Å². The van der Waals surface area contributed by atoms with Crippen LogP contribution in [0.3, 0.4) is 0 Å². The number of nitrogen functional groups attached to an aromatic ring is 1. The van der Waals surface area contributed by atoms with Gasteiger partial charge in [-0.25, -0.2) is 0 Å². The van der Waals surface area contributed by atoms with E-state index in [1.807, 2.05) is 19.1 Å². The third kappa shape index (κ3) is 5.44. The number of methoxy groups -OCH3 is 1. The molecule has 2 aromatic rings. The predicted molar refractivity (Wildman–Crippen MR) is 104 cm³/mol. The minimum atomic E-state index is -0.329. The van der Waals surface area contributed by atoms with Gasteiger partial charge in [-0.15, -0.1) is 12.4 Å². The van der Waals surface area contributed by atoms with Gasteiger partial charge < -0.3 is 20.5 Å². The number of carbonyl (C=O) groups is 1. The second-order valence-electron chi connectivity index (χ2n) is 5.39. The van der Waals surface area contributed by atoms with Crippen LogP contribution >= 0.6 is 24.0 Å². The highest BCUT2D eigenvalue weighted by atomic mass is 35.5. The Morgan fingerprint density at radius 3 is 2.48 bits per heavy atom. The molecular formula is C18H22Cl2N2O3. The molecule has 0 fully saturated rings. The van der Waals surface area contributed by atoms with Crippen molar-refractivity contribution in [3.63, 3.8) is 0 Å². The first-order valence-corrected chi connectivity index (χ1v) is 8.03. The Kier molecular flexibility index (Phi) is 7.87. The van der Waals surface area contributed by atoms with Crippen LogP contribution in [0.25, 0.3) is 0 Å². The summed E-state index contributed by atoms with van der Waals surface area (Å²) in [6.45, 7) is 4.07. The summed E-state index contributed by atoms with van der Waals surface area (Å²) in [6, 6.07) is 10.2. The molecule has 0 aliphatic carbocycles. The van der Waals surface area contributed by atoms with Gasteiger partial charge in [0.1, 0.15) is 11.5 Å².